The molecule has 0 unspecified atom stereocenters. The number of carbonyl (C=O) groups is 1. The predicted molar refractivity (Wildman–Crippen MR) is 128 cm³/mol. The minimum Gasteiger partial charge on any atom is -0.481 e. The number of aryl methyl sites for hydroxylation is 2. The highest BCUT2D eigenvalue weighted by molar-refractivity contribution is 5.92. The summed E-state index contributed by atoms with van der Waals surface area (Å²) in [7, 11) is 0. The van der Waals surface area contributed by atoms with Gasteiger partial charge in [-0.15, -0.1) is 0 Å². The van der Waals surface area contributed by atoms with Gasteiger partial charge in [0.1, 0.15) is 17.1 Å². The van der Waals surface area contributed by atoms with Gasteiger partial charge in [-0.25, -0.2) is 4.98 Å². The number of piperidine rings is 1. The summed E-state index contributed by atoms with van der Waals surface area (Å²) in [5.41, 5.74) is 3.73. The normalized spacial score (nSPS) is 17.5. The van der Waals surface area contributed by atoms with E-state index >= 15 is 0 Å². The zero-order valence-corrected chi connectivity index (χ0v) is 19.1. The molecule has 2 fully saturated rings. The van der Waals surface area contributed by atoms with E-state index in [1.807, 2.05) is 56.3 Å². The number of nitrogens with one attached hydrogen (secondary N) is 1. The van der Waals surface area contributed by atoms with Crippen LogP contribution < -0.4 is 15.0 Å². The van der Waals surface area contributed by atoms with Gasteiger partial charge in [-0.2, -0.15) is 0 Å². The summed E-state index contributed by atoms with van der Waals surface area (Å²) < 4.78 is 17.6. The minimum atomic E-state index is -0.412. The lowest BCUT2D eigenvalue weighted by Crippen LogP contribution is -2.45. The topological polar surface area (TPSA) is 72.9 Å². The van der Waals surface area contributed by atoms with Crippen LogP contribution in [0, 0.1) is 13.8 Å². The van der Waals surface area contributed by atoms with Crippen molar-refractivity contribution in [2.75, 3.05) is 43.1 Å². The number of fused-ring (bicyclic) bond motifs is 1. The van der Waals surface area contributed by atoms with E-state index in [1.165, 1.54) is 0 Å². The van der Waals surface area contributed by atoms with Crippen molar-refractivity contribution in [2.45, 2.75) is 32.5 Å². The van der Waals surface area contributed by atoms with Crippen molar-refractivity contribution in [3.63, 3.8) is 0 Å². The van der Waals surface area contributed by atoms with Crippen LogP contribution in [0.15, 0.2) is 48.5 Å². The first-order valence-electron chi connectivity index (χ1n) is 11.4. The first kappa shape index (κ1) is 21.7. The molecule has 3 heterocycles. The Morgan fingerprint density at radius 2 is 1.79 bits per heavy atom. The zero-order valence-electron chi connectivity index (χ0n) is 19.1. The standard InChI is InChI=1S/C26H29N3O4/c1-18-14-19(2)16-21(15-18)27-24(30)17-31-22-5-3-4-20-6-7-23(28-25(20)22)29-10-8-26(9-11-29)32-12-13-33-26/h3-7,14-16H,8-13,17H2,1-2H3,(H,27,30). The number of anilines is 2. The van der Waals surface area contributed by atoms with E-state index in [9.17, 15) is 4.79 Å². The van der Waals surface area contributed by atoms with Crippen LogP contribution in [-0.4, -0.2) is 49.6 Å². The van der Waals surface area contributed by atoms with Crippen LogP contribution in [0.3, 0.4) is 0 Å². The molecule has 5 rings (SSSR count). The molecule has 7 heteroatoms. The Bertz CT molecular complexity index is 1140. The summed E-state index contributed by atoms with van der Waals surface area (Å²) in [6, 6.07) is 15.8. The monoisotopic (exact) mass is 447 g/mol. The molecule has 3 aromatic rings. The third-order valence-electron chi connectivity index (χ3n) is 6.20. The number of rotatable bonds is 5. The lowest BCUT2D eigenvalue weighted by molar-refractivity contribution is -0.169. The molecule has 1 N–H and O–H groups in total. The molecule has 2 saturated heterocycles. The molecule has 1 spiro atoms. The second kappa shape index (κ2) is 9.00. The zero-order chi connectivity index (χ0) is 22.8. The Balaban J connectivity index is 1.28. The summed E-state index contributed by atoms with van der Waals surface area (Å²) in [4.78, 5) is 19.6. The van der Waals surface area contributed by atoms with Crippen molar-refractivity contribution in [1.29, 1.82) is 0 Å². The van der Waals surface area contributed by atoms with Crippen LogP contribution in [0.2, 0.25) is 0 Å². The molecule has 0 aliphatic carbocycles. The molecule has 2 aromatic carbocycles. The SMILES string of the molecule is Cc1cc(C)cc(NC(=O)COc2cccc3ccc(N4CCC5(CC4)OCCO5)nc23)c1. The van der Waals surface area contributed by atoms with Gasteiger partial charge in [0.15, 0.2) is 12.4 Å². The lowest BCUT2D eigenvalue weighted by Gasteiger charge is -2.38. The van der Waals surface area contributed by atoms with Crippen molar-refractivity contribution in [1.82, 2.24) is 4.98 Å². The molecular formula is C26H29N3O4. The van der Waals surface area contributed by atoms with E-state index in [2.05, 4.69) is 16.3 Å². The van der Waals surface area contributed by atoms with E-state index in [0.29, 0.717) is 19.0 Å². The Kier molecular flexibility index (Phi) is 5.91. The van der Waals surface area contributed by atoms with Gasteiger partial charge in [0, 0.05) is 37.0 Å². The number of benzene rings is 2. The minimum absolute atomic E-state index is 0.0844. The number of ether oxygens (including phenoxy) is 3. The third-order valence-corrected chi connectivity index (χ3v) is 6.20. The molecule has 0 saturated carbocycles. The van der Waals surface area contributed by atoms with Crippen LogP contribution in [0.5, 0.6) is 5.75 Å². The van der Waals surface area contributed by atoms with Gasteiger partial charge in [-0.05, 0) is 55.3 Å². The maximum Gasteiger partial charge on any atom is 0.262 e. The molecule has 1 aromatic heterocycles. The number of amides is 1. The summed E-state index contributed by atoms with van der Waals surface area (Å²) in [6.07, 6.45) is 1.65. The molecule has 0 radical (unpaired) electrons. The second-order valence-electron chi connectivity index (χ2n) is 8.81. The van der Waals surface area contributed by atoms with Crippen LogP contribution in [0.1, 0.15) is 24.0 Å². The number of nitrogens with zero attached hydrogens (tertiary/aromatic N) is 2. The Morgan fingerprint density at radius 1 is 1.06 bits per heavy atom. The maximum absolute atomic E-state index is 12.5. The molecule has 1 amide bonds. The molecule has 7 nitrogen and oxygen atoms in total. The molecule has 2 aliphatic rings. The van der Waals surface area contributed by atoms with Crippen molar-refractivity contribution < 1.29 is 19.0 Å². The van der Waals surface area contributed by atoms with Crippen molar-refractivity contribution in [3.8, 4) is 5.75 Å². The van der Waals surface area contributed by atoms with Gasteiger partial charge < -0.3 is 24.4 Å². The maximum atomic E-state index is 12.5. The first-order valence-corrected chi connectivity index (χ1v) is 11.4. The van der Waals surface area contributed by atoms with Crippen LogP contribution in [-0.2, 0) is 14.3 Å². The van der Waals surface area contributed by atoms with Crippen molar-refractivity contribution >= 4 is 28.3 Å². The Morgan fingerprint density at radius 3 is 2.52 bits per heavy atom. The highest BCUT2D eigenvalue weighted by Crippen LogP contribution is 2.34. The van der Waals surface area contributed by atoms with Crippen LogP contribution in [0.4, 0.5) is 11.5 Å². The van der Waals surface area contributed by atoms with Gasteiger partial charge in [0.25, 0.3) is 5.91 Å². The van der Waals surface area contributed by atoms with Crippen LogP contribution in [0.25, 0.3) is 10.9 Å². The fourth-order valence-corrected chi connectivity index (χ4v) is 4.65. The van der Waals surface area contributed by atoms with Gasteiger partial charge in [-0.3, -0.25) is 4.79 Å². The molecule has 33 heavy (non-hydrogen) atoms. The molecule has 2 aliphatic heterocycles. The number of aromatic nitrogens is 1. The Hall–Kier alpha value is -3.16. The summed E-state index contributed by atoms with van der Waals surface area (Å²) in [6.45, 7) is 6.92. The number of carbonyl (C=O) groups excluding carboxylic acids is 1. The van der Waals surface area contributed by atoms with E-state index in [1.54, 1.807) is 0 Å². The quantitative estimate of drug-likeness (QED) is 0.632. The molecule has 0 bridgehead atoms. The van der Waals surface area contributed by atoms with E-state index in [-0.39, 0.29) is 12.5 Å². The van der Waals surface area contributed by atoms with Gasteiger partial charge in [-0.1, -0.05) is 18.2 Å². The van der Waals surface area contributed by atoms with Crippen LogP contribution >= 0.6 is 0 Å². The van der Waals surface area contributed by atoms with Crippen molar-refractivity contribution in [3.05, 3.63) is 59.7 Å². The van der Waals surface area contributed by atoms with E-state index in [4.69, 9.17) is 19.2 Å². The fraction of sp³-hybridized carbons (Fsp3) is 0.385. The van der Waals surface area contributed by atoms with Gasteiger partial charge >= 0.3 is 0 Å². The predicted octanol–water partition coefficient (Wildman–Crippen LogP) is 4.21. The molecule has 0 atom stereocenters. The third kappa shape index (κ3) is 4.79. The summed E-state index contributed by atoms with van der Waals surface area (Å²) in [5.74, 6) is 0.878. The number of para-hydroxylation sites is 1. The fourth-order valence-electron chi connectivity index (χ4n) is 4.65. The Labute approximate surface area is 193 Å². The van der Waals surface area contributed by atoms with E-state index < -0.39 is 5.79 Å². The smallest absolute Gasteiger partial charge is 0.262 e. The molecule has 172 valence electrons. The highest BCUT2D eigenvalue weighted by Gasteiger charge is 2.40. The number of pyridine rings is 1. The number of hydrogen-bond acceptors (Lipinski definition) is 6. The average molecular weight is 448 g/mol. The largest absolute Gasteiger partial charge is 0.481 e. The summed E-state index contributed by atoms with van der Waals surface area (Å²) >= 11 is 0. The molecular weight excluding hydrogens is 418 g/mol. The summed E-state index contributed by atoms with van der Waals surface area (Å²) in [5, 5.41) is 3.89. The first-order chi connectivity index (χ1) is 16.0. The average Bonchev–Trinajstić information content (AvgIpc) is 3.25. The second-order valence-corrected chi connectivity index (χ2v) is 8.81. The van der Waals surface area contributed by atoms with Crippen molar-refractivity contribution in [2.24, 2.45) is 0 Å². The van der Waals surface area contributed by atoms with Gasteiger partial charge in [0.2, 0.25) is 0 Å². The van der Waals surface area contributed by atoms with E-state index in [0.717, 1.165) is 59.5 Å². The van der Waals surface area contributed by atoms with Gasteiger partial charge in [0.05, 0.1) is 13.2 Å². The lowest BCUT2D eigenvalue weighted by atomic mass is 10.0. The number of hydrogen-bond donors (Lipinski definition) is 1. The highest BCUT2D eigenvalue weighted by atomic mass is 16.7.